The van der Waals surface area contributed by atoms with Gasteiger partial charge in [0.05, 0.1) is 6.21 Å². The maximum Gasteiger partial charge on any atom is 0.216 e. The summed E-state index contributed by atoms with van der Waals surface area (Å²) in [4.78, 5) is 0. The van der Waals surface area contributed by atoms with E-state index in [9.17, 15) is 4.39 Å². The molecule has 0 unspecified atom stereocenters. The van der Waals surface area contributed by atoms with Crippen LogP contribution in [0.4, 0.5) is 4.39 Å². The number of rotatable bonds is 6. The molecule has 5 nitrogen and oxygen atoms in total. The molecule has 4 rings (SSSR count). The van der Waals surface area contributed by atoms with Crippen molar-refractivity contribution in [2.75, 3.05) is 0 Å². The summed E-state index contributed by atoms with van der Waals surface area (Å²) in [6.07, 6.45) is 1.66. The molecular formula is C22H16BrFN4OS. The van der Waals surface area contributed by atoms with Crippen molar-refractivity contribution in [3.63, 3.8) is 0 Å². The Bertz CT molecular complexity index is 1250. The van der Waals surface area contributed by atoms with Crippen LogP contribution in [0.15, 0.2) is 82.4 Å². The number of hydrogen-bond acceptors (Lipinski definition) is 4. The Balaban J connectivity index is 1.62. The summed E-state index contributed by atoms with van der Waals surface area (Å²) in [6, 6.07) is 21.6. The average Bonchev–Trinajstić information content (AvgIpc) is 3.12. The summed E-state index contributed by atoms with van der Waals surface area (Å²) in [5.41, 5.74) is 2.37. The second-order valence-corrected chi connectivity index (χ2v) is 7.68. The number of nitrogens with zero attached hydrogens (tertiary/aromatic N) is 3. The van der Waals surface area contributed by atoms with Gasteiger partial charge in [-0.15, -0.1) is 0 Å². The molecule has 1 heterocycles. The molecule has 0 bridgehead atoms. The maximum absolute atomic E-state index is 13.4. The first-order valence-electron chi connectivity index (χ1n) is 9.04. The molecule has 30 heavy (non-hydrogen) atoms. The monoisotopic (exact) mass is 482 g/mol. The second kappa shape index (κ2) is 9.15. The SMILES string of the molecule is Fc1cccc(COc2ccc(Br)cc2/C=N\n2c(-c3ccccc3)n[nH]c2=S)c1. The third kappa shape index (κ3) is 4.72. The van der Waals surface area contributed by atoms with Crippen LogP contribution < -0.4 is 4.74 Å². The van der Waals surface area contributed by atoms with Gasteiger partial charge >= 0.3 is 0 Å². The lowest BCUT2D eigenvalue weighted by molar-refractivity contribution is 0.305. The summed E-state index contributed by atoms with van der Waals surface area (Å²) in [5, 5.41) is 11.6. The zero-order valence-electron chi connectivity index (χ0n) is 15.6. The van der Waals surface area contributed by atoms with E-state index in [1.165, 1.54) is 12.1 Å². The molecule has 150 valence electrons. The zero-order chi connectivity index (χ0) is 20.9. The molecule has 0 aliphatic carbocycles. The minimum Gasteiger partial charge on any atom is -0.488 e. The lowest BCUT2D eigenvalue weighted by Gasteiger charge is -2.10. The van der Waals surface area contributed by atoms with Gasteiger partial charge in [-0.25, -0.2) is 9.49 Å². The first-order chi connectivity index (χ1) is 14.6. The van der Waals surface area contributed by atoms with E-state index in [0.717, 1.165) is 21.2 Å². The maximum atomic E-state index is 13.4. The molecule has 0 atom stereocenters. The van der Waals surface area contributed by atoms with Gasteiger partial charge in [-0.2, -0.15) is 14.9 Å². The van der Waals surface area contributed by atoms with E-state index in [1.807, 2.05) is 54.6 Å². The predicted molar refractivity (Wildman–Crippen MR) is 121 cm³/mol. The van der Waals surface area contributed by atoms with E-state index < -0.39 is 0 Å². The Hall–Kier alpha value is -3.10. The van der Waals surface area contributed by atoms with Gasteiger partial charge < -0.3 is 4.74 Å². The van der Waals surface area contributed by atoms with Crippen LogP contribution in [0.3, 0.4) is 0 Å². The van der Waals surface area contributed by atoms with Gasteiger partial charge in [-0.1, -0.05) is 58.4 Å². The first-order valence-corrected chi connectivity index (χ1v) is 10.2. The van der Waals surface area contributed by atoms with Crippen molar-refractivity contribution in [3.8, 4) is 17.1 Å². The predicted octanol–water partition coefficient (Wildman–Crippen LogP) is 5.97. The van der Waals surface area contributed by atoms with Crippen LogP contribution in [0.2, 0.25) is 0 Å². The van der Waals surface area contributed by atoms with Crippen LogP contribution in [0.5, 0.6) is 5.75 Å². The number of halogens is 2. The highest BCUT2D eigenvalue weighted by atomic mass is 79.9. The molecule has 0 spiro atoms. The van der Waals surface area contributed by atoms with E-state index in [-0.39, 0.29) is 12.4 Å². The van der Waals surface area contributed by atoms with Crippen LogP contribution >= 0.6 is 28.1 Å². The van der Waals surface area contributed by atoms with Crippen molar-refractivity contribution in [3.05, 3.63) is 99.0 Å². The Labute approximate surface area is 186 Å². The standard InChI is InChI=1S/C22H16BrFN4OS/c23-18-9-10-20(29-14-15-5-4-8-19(24)11-15)17(12-18)13-25-28-21(26-27-22(28)30)16-6-2-1-3-7-16/h1-13H,14H2,(H,27,30)/b25-13-. The van der Waals surface area contributed by atoms with E-state index in [0.29, 0.717) is 16.3 Å². The molecule has 0 saturated heterocycles. The highest BCUT2D eigenvalue weighted by molar-refractivity contribution is 9.10. The molecular weight excluding hydrogens is 467 g/mol. The third-order valence-electron chi connectivity index (χ3n) is 4.25. The summed E-state index contributed by atoms with van der Waals surface area (Å²) in [7, 11) is 0. The zero-order valence-corrected chi connectivity index (χ0v) is 18.0. The fraction of sp³-hybridized carbons (Fsp3) is 0.0455. The van der Waals surface area contributed by atoms with Crippen LogP contribution in [0.25, 0.3) is 11.4 Å². The van der Waals surface area contributed by atoms with E-state index in [4.69, 9.17) is 17.0 Å². The number of benzene rings is 3. The first kappa shape index (κ1) is 20.2. The third-order valence-corrected chi connectivity index (χ3v) is 5.01. The van der Waals surface area contributed by atoms with Crippen molar-refractivity contribution < 1.29 is 9.13 Å². The van der Waals surface area contributed by atoms with Crippen molar-refractivity contribution in [1.82, 2.24) is 14.9 Å². The minimum atomic E-state index is -0.295. The second-order valence-electron chi connectivity index (χ2n) is 6.38. The largest absolute Gasteiger partial charge is 0.488 e. The molecule has 3 aromatic carbocycles. The molecule has 0 aliphatic rings. The molecule has 0 fully saturated rings. The van der Waals surface area contributed by atoms with Gasteiger partial charge in [0.2, 0.25) is 4.77 Å². The fourth-order valence-corrected chi connectivity index (χ4v) is 3.39. The number of aromatic nitrogens is 3. The smallest absolute Gasteiger partial charge is 0.216 e. The Morgan fingerprint density at radius 2 is 1.93 bits per heavy atom. The number of nitrogens with one attached hydrogen (secondary N) is 1. The molecule has 1 N–H and O–H groups in total. The van der Waals surface area contributed by atoms with Crippen LogP contribution in [-0.2, 0) is 6.61 Å². The molecule has 0 amide bonds. The number of ether oxygens (including phenoxy) is 1. The van der Waals surface area contributed by atoms with Gasteiger partial charge in [0.15, 0.2) is 5.82 Å². The van der Waals surface area contributed by atoms with Crippen molar-refractivity contribution >= 4 is 34.4 Å². The Kier molecular flexibility index (Phi) is 6.15. The van der Waals surface area contributed by atoms with Crippen molar-refractivity contribution in [2.24, 2.45) is 5.10 Å². The lowest BCUT2D eigenvalue weighted by Crippen LogP contribution is -2.00. The van der Waals surface area contributed by atoms with Crippen LogP contribution in [-0.4, -0.2) is 21.1 Å². The molecule has 1 aromatic heterocycles. The fourth-order valence-electron chi connectivity index (χ4n) is 2.83. The van der Waals surface area contributed by atoms with Gasteiger partial charge in [-0.3, -0.25) is 0 Å². The molecule has 0 saturated carbocycles. The normalized spacial score (nSPS) is 11.1. The van der Waals surface area contributed by atoms with Crippen molar-refractivity contribution in [1.29, 1.82) is 0 Å². The summed E-state index contributed by atoms with van der Waals surface area (Å²) in [6.45, 7) is 0.237. The van der Waals surface area contributed by atoms with Crippen molar-refractivity contribution in [2.45, 2.75) is 6.61 Å². The summed E-state index contributed by atoms with van der Waals surface area (Å²) in [5.74, 6) is 0.924. The molecule has 0 radical (unpaired) electrons. The van der Waals surface area contributed by atoms with Gasteiger partial charge in [0.25, 0.3) is 0 Å². The quantitative estimate of drug-likeness (QED) is 0.272. The van der Waals surface area contributed by atoms with E-state index in [2.05, 4.69) is 31.2 Å². The van der Waals surface area contributed by atoms with Gasteiger partial charge in [0.1, 0.15) is 18.2 Å². The highest BCUT2D eigenvalue weighted by Gasteiger charge is 2.09. The number of aromatic amines is 1. The average molecular weight is 483 g/mol. The molecule has 4 aromatic rings. The van der Waals surface area contributed by atoms with Gasteiger partial charge in [0, 0.05) is 15.6 Å². The highest BCUT2D eigenvalue weighted by Crippen LogP contribution is 2.24. The molecule has 8 heteroatoms. The van der Waals surface area contributed by atoms with Crippen LogP contribution in [0, 0.1) is 10.6 Å². The van der Waals surface area contributed by atoms with Gasteiger partial charge in [-0.05, 0) is 48.1 Å². The lowest BCUT2D eigenvalue weighted by atomic mass is 10.2. The minimum absolute atomic E-state index is 0.237. The summed E-state index contributed by atoms with van der Waals surface area (Å²) >= 11 is 8.80. The molecule has 0 aliphatic heterocycles. The number of H-pyrrole nitrogens is 1. The van der Waals surface area contributed by atoms with Crippen LogP contribution in [0.1, 0.15) is 11.1 Å². The van der Waals surface area contributed by atoms with E-state index in [1.54, 1.807) is 17.0 Å². The Morgan fingerprint density at radius 1 is 1.10 bits per heavy atom. The topological polar surface area (TPSA) is 55.2 Å². The Morgan fingerprint density at radius 3 is 2.73 bits per heavy atom. The summed E-state index contributed by atoms with van der Waals surface area (Å²) < 4.78 is 22.1. The number of hydrogen-bond donors (Lipinski definition) is 1. The van der Waals surface area contributed by atoms with E-state index >= 15 is 0 Å².